The third-order valence-corrected chi connectivity index (χ3v) is 5.30. The van der Waals surface area contributed by atoms with Crippen molar-refractivity contribution in [2.45, 2.75) is 12.8 Å². The van der Waals surface area contributed by atoms with Gasteiger partial charge in [0.15, 0.2) is 16.3 Å². The lowest BCUT2D eigenvalue weighted by atomic mass is 10.0. The normalized spacial score (nSPS) is 13.0. The van der Waals surface area contributed by atoms with E-state index in [1.165, 1.54) is 0 Å². The van der Waals surface area contributed by atoms with E-state index in [1.807, 2.05) is 49.0 Å². The van der Waals surface area contributed by atoms with Crippen molar-refractivity contribution in [1.29, 1.82) is 0 Å². The summed E-state index contributed by atoms with van der Waals surface area (Å²) in [4.78, 5) is 12.8. The number of rotatable bonds is 7. The minimum Gasteiger partial charge on any atom is -0.480 e. The van der Waals surface area contributed by atoms with Crippen LogP contribution in [-0.2, 0) is 11.2 Å². The number of aromatic amines is 2. The first-order chi connectivity index (χ1) is 14.5. The fourth-order valence-corrected chi connectivity index (χ4v) is 3.96. The number of H-pyrrole nitrogens is 2. The summed E-state index contributed by atoms with van der Waals surface area (Å²) in [6, 6.07) is 13.4. The molecule has 155 valence electrons. The van der Waals surface area contributed by atoms with Gasteiger partial charge in [-0.05, 0) is 79.2 Å². The van der Waals surface area contributed by atoms with E-state index >= 15 is 0 Å². The first kappa shape index (κ1) is 20.2. The van der Waals surface area contributed by atoms with Gasteiger partial charge in [0.1, 0.15) is 12.3 Å². The molecule has 0 bridgehead atoms. The lowest BCUT2D eigenvalue weighted by molar-refractivity contribution is -0.135. The molecular formula is C20H20N5O3S2. The molecule has 1 aliphatic heterocycles. The number of nitrogens with one attached hydrogen (secondary N) is 3. The number of aliphatic carboxylic acids is 1. The molecule has 8 nitrogen and oxygen atoms in total. The number of hydrogen-bond donors (Lipinski definition) is 4. The van der Waals surface area contributed by atoms with Crippen molar-refractivity contribution >= 4 is 41.8 Å². The Kier molecular flexibility index (Phi) is 5.86. The average molecular weight is 443 g/mol. The monoisotopic (exact) mass is 442 g/mol. The second-order valence-electron chi connectivity index (χ2n) is 6.74. The topological polar surface area (TPSA) is 98.3 Å². The Morgan fingerprint density at radius 1 is 1.17 bits per heavy atom. The zero-order chi connectivity index (χ0) is 21.1. The van der Waals surface area contributed by atoms with E-state index in [9.17, 15) is 4.79 Å². The molecule has 0 saturated heterocycles. The molecule has 0 saturated carbocycles. The number of ether oxygens (including phenoxy) is 1. The summed E-state index contributed by atoms with van der Waals surface area (Å²) in [6.45, 7) is 2.16. The van der Waals surface area contributed by atoms with Crippen LogP contribution >= 0.6 is 24.4 Å². The van der Waals surface area contributed by atoms with E-state index in [0.29, 0.717) is 9.54 Å². The van der Waals surface area contributed by atoms with E-state index in [-0.39, 0.29) is 13.3 Å². The maximum Gasteiger partial charge on any atom is 0.323 e. The van der Waals surface area contributed by atoms with Gasteiger partial charge in [-0.2, -0.15) is 0 Å². The zero-order valence-electron chi connectivity index (χ0n) is 15.9. The van der Waals surface area contributed by atoms with Crippen molar-refractivity contribution in [1.82, 2.24) is 14.8 Å². The number of carboxylic acid groups (broad SMARTS) is 1. The van der Waals surface area contributed by atoms with Crippen LogP contribution in [0.25, 0.3) is 5.69 Å². The molecular weight excluding hydrogens is 422 g/mol. The van der Waals surface area contributed by atoms with Gasteiger partial charge in [0.25, 0.3) is 0 Å². The molecule has 10 heteroatoms. The number of carboxylic acids is 1. The molecule has 0 amide bonds. The molecule has 0 fully saturated rings. The first-order valence-electron chi connectivity index (χ1n) is 9.33. The Balaban J connectivity index is 1.42. The highest BCUT2D eigenvalue weighted by molar-refractivity contribution is 7.72. The van der Waals surface area contributed by atoms with Crippen molar-refractivity contribution in [2.24, 2.45) is 0 Å². The highest BCUT2D eigenvalue weighted by Gasteiger charge is 2.19. The molecule has 0 spiro atoms. The van der Waals surface area contributed by atoms with Crippen LogP contribution in [0, 0.1) is 16.1 Å². The third-order valence-electron chi connectivity index (χ3n) is 4.73. The molecule has 0 aliphatic carbocycles. The molecule has 1 aromatic heterocycles. The standard InChI is InChI=1S/C20H20N5O3S2/c26-18(27)11-24-8-2-3-13-9-16(6-7-17(13)24)28-12-21-14-4-1-5-15(10-14)25-19(29)22-23-20(25)30/h1,4-10,21H,2-3,11-12H2,(H,22,29)(H,23,30)(H,26,27). The van der Waals surface area contributed by atoms with Gasteiger partial charge < -0.3 is 20.1 Å². The maximum absolute atomic E-state index is 11.0. The number of anilines is 2. The largest absolute Gasteiger partial charge is 0.480 e. The molecule has 30 heavy (non-hydrogen) atoms. The van der Waals surface area contributed by atoms with Gasteiger partial charge >= 0.3 is 5.97 Å². The Labute approximate surface area is 183 Å². The maximum atomic E-state index is 11.0. The second-order valence-corrected chi connectivity index (χ2v) is 7.52. The number of hydrogen-bond acceptors (Lipinski definition) is 6. The summed E-state index contributed by atoms with van der Waals surface area (Å²) < 4.78 is 8.58. The van der Waals surface area contributed by atoms with Gasteiger partial charge in [-0.15, -0.1) is 0 Å². The molecule has 3 aromatic rings. The number of aryl methyl sites for hydroxylation is 1. The van der Waals surface area contributed by atoms with Crippen LogP contribution in [0.2, 0.25) is 0 Å². The third kappa shape index (κ3) is 4.39. The molecule has 1 aliphatic rings. The number of fused-ring (bicyclic) bond motifs is 1. The molecule has 4 N–H and O–H groups in total. The average Bonchev–Trinajstić information content (AvgIpc) is 3.06. The van der Waals surface area contributed by atoms with E-state index in [4.69, 9.17) is 34.3 Å². The summed E-state index contributed by atoms with van der Waals surface area (Å²) in [6.07, 6.45) is 1.66. The number of nitrogens with zero attached hydrogens (tertiary/aromatic N) is 2. The van der Waals surface area contributed by atoms with Crippen molar-refractivity contribution < 1.29 is 14.6 Å². The fraction of sp³-hybridized carbons (Fsp3) is 0.200. The van der Waals surface area contributed by atoms with Gasteiger partial charge in [-0.1, -0.05) is 6.07 Å². The second kappa shape index (κ2) is 8.72. The zero-order valence-corrected chi connectivity index (χ0v) is 17.6. The van der Waals surface area contributed by atoms with Gasteiger partial charge in [0.2, 0.25) is 0 Å². The molecule has 0 atom stereocenters. The fourth-order valence-electron chi connectivity index (χ4n) is 3.40. The Morgan fingerprint density at radius 3 is 2.73 bits per heavy atom. The van der Waals surface area contributed by atoms with E-state index < -0.39 is 5.97 Å². The van der Waals surface area contributed by atoms with Crippen LogP contribution in [0.15, 0.2) is 42.5 Å². The van der Waals surface area contributed by atoms with Crippen LogP contribution in [0.5, 0.6) is 5.75 Å². The number of benzene rings is 2. The summed E-state index contributed by atoms with van der Waals surface area (Å²) in [5.41, 5.74) is 3.70. The van der Waals surface area contributed by atoms with Crippen molar-refractivity contribution in [3.8, 4) is 11.4 Å². The Bertz CT molecular complexity index is 1160. The minimum absolute atomic E-state index is 0.0416. The van der Waals surface area contributed by atoms with Crippen LogP contribution in [0.1, 0.15) is 12.0 Å². The van der Waals surface area contributed by atoms with Crippen molar-refractivity contribution in [3.63, 3.8) is 0 Å². The molecule has 2 heterocycles. The molecule has 4 rings (SSSR count). The predicted octanol–water partition coefficient (Wildman–Crippen LogP) is 4.04. The highest BCUT2D eigenvalue weighted by Crippen LogP contribution is 2.32. The SMILES string of the molecule is O=C(O)CN1[CH]CCc2cc(OCNc3cccc(-n4c(=S)[nH][nH]c4=S)c3)ccc21. The lowest BCUT2D eigenvalue weighted by Crippen LogP contribution is -2.30. The summed E-state index contributed by atoms with van der Waals surface area (Å²) in [5, 5.41) is 17.9. The van der Waals surface area contributed by atoms with Crippen LogP contribution in [-0.4, -0.2) is 39.1 Å². The highest BCUT2D eigenvalue weighted by atomic mass is 32.1. The predicted molar refractivity (Wildman–Crippen MR) is 119 cm³/mol. The quantitative estimate of drug-likeness (QED) is 0.324. The summed E-state index contributed by atoms with van der Waals surface area (Å²) in [5.74, 6) is -0.127. The Morgan fingerprint density at radius 2 is 1.97 bits per heavy atom. The van der Waals surface area contributed by atoms with Gasteiger partial charge in [0.05, 0.1) is 12.2 Å². The Hall–Kier alpha value is -3.11. The van der Waals surface area contributed by atoms with E-state index in [0.717, 1.165) is 41.2 Å². The smallest absolute Gasteiger partial charge is 0.323 e. The minimum atomic E-state index is -0.854. The van der Waals surface area contributed by atoms with Gasteiger partial charge in [-0.3, -0.25) is 19.6 Å². The summed E-state index contributed by atoms with van der Waals surface area (Å²) >= 11 is 10.5. The molecule has 0 unspecified atom stereocenters. The van der Waals surface area contributed by atoms with Crippen LogP contribution in [0.3, 0.4) is 0 Å². The van der Waals surface area contributed by atoms with Gasteiger partial charge in [-0.25, -0.2) is 0 Å². The van der Waals surface area contributed by atoms with E-state index in [1.54, 1.807) is 9.47 Å². The summed E-state index contributed by atoms with van der Waals surface area (Å²) in [7, 11) is 0. The van der Waals surface area contributed by atoms with Crippen LogP contribution in [0.4, 0.5) is 11.4 Å². The molecule has 1 radical (unpaired) electrons. The lowest BCUT2D eigenvalue weighted by Gasteiger charge is -2.29. The number of carbonyl (C=O) groups is 1. The van der Waals surface area contributed by atoms with Crippen molar-refractivity contribution in [2.75, 3.05) is 23.5 Å². The van der Waals surface area contributed by atoms with Crippen molar-refractivity contribution in [3.05, 3.63) is 64.1 Å². The van der Waals surface area contributed by atoms with E-state index in [2.05, 4.69) is 15.5 Å². The number of aromatic nitrogens is 3. The van der Waals surface area contributed by atoms with Crippen LogP contribution < -0.4 is 15.0 Å². The van der Waals surface area contributed by atoms with Gasteiger partial charge in [0, 0.05) is 11.4 Å². The first-order valence-corrected chi connectivity index (χ1v) is 10.1. The molecule has 2 aromatic carbocycles.